The molecule has 0 aliphatic rings. The lowest BCUT2D eigenvalue weighted by Gasteiger charge is -2.08. The average Bonchev–Trinajstić information content (AvgIpc) is 2.53. The zero-order valence-electron chi connectivity index (χ0n) is 11.3. The van der Waals surface area contributed by atoms with Gasteiger partial charge in [0, 0.05) is 16.0 Å². The number of benzene rings is 2. The van der Waals surface area contributed by atoms with Crippen LogP contribution < -0.4 is 4.74 Å². The molecule has 2 aromatic carbocycles. The van der Waals surface area contributed by atoms with Crippen LogP contribution in [0.15, 0.2) is 47.4 Å². The van der Waals surface area contributed by atoms with Crippen molar-refractivity contribution in [2.45, 2.75) is 4.90 Å². The topological polar surface area (TPSA) is 43.4 Å². The van der Waals surface area contributed by atoms with E-state index in [1.165, 1.54) is 6.07 Å². The van der Waals surface area contributed by atoms with Crippen LogP contribution in [-0.4, -0.2) is 24.9 Å². The number of hydrogen-bond acceptors (Lipinski definition) is 4. The fraction of sp³-hybridized carbons (Fsp3) is 0.125. The van der Waals surface area contributed by atoms with Gasteiger partial charge < -0.3 is 4.74 Å². The van der Waals surface area contributed by atoms with E-state index in [0.29, 0.717) is 28.2 Å². The van der Waals surface area contributed by atoms with Gasteiger partial charge in [-0.15, -0.1) is 11.8 Å². The van der Waals surface area contributed by atoms with Gasteiger partial charge in [0.1, 0.15) is 12.0 Å². The molecule has 2 aromatic rings. The SMILES string of the molecule is CSc1ccc(C(=O)COc2ccc(C=O)cc2Cl)cc1. The van der Waals surface area contributed by atoms with Gasteiger partial charge in [-0.05, 0) is 36.6 Å². The van der Waals surface area contributed by atoms with Gasteiger partial charge in [0.05, 0.1) is 5.02 Å². The van der Waals surface area contributed by atoms with Crippen LogP contribution in [0, 0.1) is 0 Å². The Hall–Kier alpha value is -1.78. The molecule has 0 aliphatic carbocycles. The second-order valence-electron chi connectivity index (χ2n) is 4.25. The van der Waals surface area contributed by atoms with Crippen LogP contribution >= 0.6 is 23.4 Å². The van der Waals surface area contributed by atoms with E-state index >= 15 is 0 Å². The molecule has 0 aliphatic heterocycles. The first-order chi connectivity index (χ1) is 10.1. The molecule has 2 rings (SSSR count). The molecule has 0 spiro atoms. The maximum absolute atomic E-state index is 12.0. The minimum atomic E-state index is -0.127. The van der Waals surface area contributed by atoms with Crippen molar-refractivity contribution >= 4 is 35.4 Å². The highest BCUT2D eigenvalue weighted by molar-refractivity contribution is 7.98. The van der Waals surface area contributed by atoms with E-state index in [0.717, 1.165) is 4.90 Å². The van der Waals surface area contributed by atoms with E-state index < -0.39 is 0 Å². The van der Waals surface area contributed by atoms with Crippen LogP contribution in [0.25, 0.3) is 0 Å². The summed E-state index contributed by atoms with van der Waals surface area (Å²) in [7, 11) is 0. The Morgan fingerprint density at radius 1 is 1.24 bits per heavy atom. The monoisotopic (exact) mass is 320 g/mol. The summed E-state index contributed by atoms with van der Waals surface area (Å²) in [6, 6.07) is 12.0. The number of ether oxygens (including phenoxy) is 1. The van der Waals surface area contributed by atoms with Gasteiger partial charge in [0.25, 0.3) is 0 Å². The van der Waals surface area contributed by atoms with E-state index in [1.807, 2.05) is 18.4 Å². The van der Waals surface area contributed by atoms with Crippen LogP contribution in [0.3, 0.4) is 0 Å². The van der Waals surface area contributed by atoms with Crippen molar-refractivity contribution in [3.05, 3.63) is 58.6 Å². The third-order valence-electron chi connectivity index (χ3n) is 2.86. The second kappa shape index (κ2) is 7.29. The number of rotatable bonds is 6. The predicted molar refractivity (Wildman–Crippen MR) is 84.9 cm³/mol. The number of aldehydes is 1. The zero-order valence-corrected chi connectivity index (χ0v) is 12.9. The molecular weight excluding hydrogens is 308 g/mol. The predicted octanol–water partition coefficient (Wildman–Crippen LogP) is 4.14. The Balaban J connectivity index is 2.01. The van der Waals surface area contributed by atoms with Crippen molar-refractivity contribution < 1.29 is 14.3 Å². The quantitative estimate of drug-likeness (QED) is 0.456. The van der Waals surface area contributed by atoms with E-state index in [-0.39, 0.29) is 12.4 Å². The fourth-order valence-electron chi connectivity index (χ4n) is 1.71. The van der Waals surface area contributed by atoms with Crippen molar-refractivity contribution in [1.82, 2.24) is 0 Å². The minimum absolute atomic E-state index is 0.0984. The number of Topliss-reactive ketones (excluding diaryl/α,β-unsaturated/α-hetero) is 1. The van der Waals surface area contributed by atoms with Crippen LogP contribution in [-0.2, 0) is 0 Å². The molecule has 108 valence electrons. The molecule has 5 heteroatoms. The maximum Gasteiger partial charge on any atom is 0.200 e. The largest absolute Gasteiger partial charge is 0.484 e. The van der Waals surface area contributed by atoms with E-state index in [9.17, 15) is 9.59 Å². The van der Waals surface area contributed by atoms with E-state index in [4.69, 9.17) is 16.3 Å². The Morgan fingerprint density at radius 2 is 1.95 bits per heavy atom. The van der Waals surface area contributed by atoms with Crippen molar-refractivity contribution in [2.24, 2.45) is 0 Å². The normalized spacial score (nSPS) is 10.2. The number of carbonyl (C=O) groups is 2. The summed E-state index contributed by atoms with van der Waals surface area (Å²) in [6.45, 7) is -0.0984. The summed E-state index contributed by atoms with van der Waals surface area (Å²) < 4.78 is 5.41. The summed E-state index contributed by atoms with van der Waals surface area (Å²) in [4.78, 5) is 23.7. The van der Waals surface area contributed by atoms with E-state index in [2.05, 4.69) is 0 Å². The molecule has 0 radical (unpaired) electrons. The lowest BCUT2D eigenvalue weighted by molar-refractivity contribution is 0.0921. The molecule has 0 bridgehead atoms. The third kappa shape index (κ3) is 4.09. The van der Waals surface area contributed by atoms with Gasteiger partial charge in [-0.1, -0.05) is 23.7 Å². The Kier molecular flexibility index (Phi) is 5.42. The number of ketones is 1. The van der Waals surface area contributed by atoms with Crippen LogP contribution in [0.2, 0.25) is 5.02 Å². The molecule has 0 N–H and O–H groups in total. The maximum atomic E-state index is 12.0. The van der Waals surface area contributed by atoms with Crippen molar-refractivity contribution in [3.8, 4) is 5.75 Å². The summed E-state index contributed by atoms with van der Waals surface area (Å²) in [5.41, 5.74) is 1.06. The van der Waals surface area contributed by atoms with Crippen molar-refractivity contribution in [3.63, 3.8) is 0 Å². The molecule has 0 atom stereocenters. The van der Waals surface area contributed by atoms with Gasteiger partial charge >= 0.3 is 0 Å². The Bertz CT molecular complexity index is 653. The van der Waals surface area contributed by atoms with Gasteiger partial charge in [-0.2, -0.15) is 0 Å². The molecule has 0 unspecified atom stereocenters. The first-order valence-corrected chi connectivity index (χ1v) is 7.79. The minimum Gasteiger partial charge on any atom is -0.484 e. The highest BCUT2D eigenvalue weighted by Crippen LogP contribution is 2.25. The van der Waals surface area contributed by atoms with Gasteiger partial charge in [-0.3, -0.25) is 9.59 Å². The molecule has 0 fully saturated rings. The van der Waals surface area contributed by atoms with Gasteiger partial charge in [0.15, 0.2) is 12.4 Å². The molecular formula is C16H13ClO3S. The van der Waals surface area contributed by atoms with Crippen molar-refractivity contribution in [2.75, 3.05) is 12.9 Å². The lowest BCUT2D eigenvalue weighted by atomic mass is 10.1. The van der Waals surface area contributed by atoms with Crippen LogP contribution in [0.4, 0.5) is 0 Å². The third-order valence-corrected chi connectivity index (χ3v) is 3.90. The van der Waals surface area contributed by atoms with Crippen LogP contribution in [0.1, 0.15) is 20.7 Å². The molecule has 0 saturated heterocycles. The number of hydrogen-bond donors (Lipinski definition) is 0. The highest BCUT2D eigenvalue weighted by Gasteiger charge is 2.09. The Labute approximate surface area is 132 Å². The summed E-state index contributed by atoms with van der Waals surface area (Å²) in [6.07, 6.45) is 2.68. The number of thioether (sulfide) groups is 1. The molecule has 0 amide bonds. The molecule has 21 heavy (non-hydrogen) atoms. The number of carbonyl (C=O) groups excluding carboxylic acids is 2. The fourth-order valence-corrected chi connectivity index (χ4v) is 2.36. The first kappa shape index (κ1) is 15.6. The molecule has 0 saturated carbocycles. The second-order valence-corrected chi connectivity index (χ2v) is 5.53. The molecule has 0 aromatic heterocycles. The summed E-state index contributed by atoms with van der Waals surface area (Å²) in [5, 5.41) is 0.310. The van der Waals surface area contributed by atoms with Gasteiger partial charge in [-0.25, -0.2) is 0 Å². The number of halogens is 1. The molecule has 3 nitrogen and oxygen atoms in total. The summed E-state index contributed by atoms with van der Waals surface area (Å²) >= 11 is 7.60. The van der Waals surface area contributed by atoms with Crippen LogP contribution in [0.5, 0.6) is 5.75 Å². The van der Waals surface area contributed by atoms with Crippen molar-refractivity contribution in [1.29, 1.82) is 0 Å². The zero-order chi connectivity index (χ0) is 15.2. The first-order valence-electron chi connectivity index (χ1n) is 6.19. The smallest absolute Gasteiger partial charge is 0.200 e. The average molecular weight is 321 g/mol. The standard InChI is InChI=1S/C16H13ClO3S/c1-21-13-5-3-12(4-6-13)15(19)10-20-16-7-2-11(9-18)8-14(16)17/h2-9H,10H2,1H3. The Morgan fingerprint density at radius 3 is 2.52 bits per heavy atom. The summed E-state index contributed by atoms with van der Waals surface area (Å²) in [5.74, 6) is 0.259. The van der Waals surface area contributed by atoms with E-state index in [1.54, 1.807) is 36.0 Å². The highest BCUT2D eigenvalue weighted by atomic mass is 35.5. The lowest BCUT2D eigenvalue weighted by Crippen LogP contribution is -2.11. The van der Waals surface area contributed by atoms with Gasteiger partial charge in [0.2, 0.25) is 0 Å². The molecule has 0 heterocycles.